The van der Waals surface area contributed by atoms with Crippen molar-refractivity contribution in [2.45, 2.75) is 12.1 Å². The molecule has 2 aliphatic rings. The molecule has 0 aromatic heterocycles. The molecule has 2 amide bonds. The smallest absolute Gasteiger partial charge is 0.337 e. The molecular weight excluding hydrogens is 454 g/mol. The molecule has 2 saturated heterocycles. The third-order valence-corrected chi connectivity index (χ3v) is 6.10. The van der Waals surface area contributed by atoms with E-state index in [4.69, 9.17) is 4.84 Å². The Labute approximate surface area is 199 Å². The fraction of sp³-hybridized carbons (Fsp3) is 0.160. The summed E-state index contributed by atoms with van der Waals surface area (Å²) in [6.07, 6.45) is -1.12. The van der Waals surface area contributed by atoms with Crippen molar-refractivity contribution in [3.05, 3.63) is 100 Å². The number of hydrogen-bond donors (Lipinski definition) is 0. The third-order valence-electron chi connectivity index (χ3n) is 6.10. The van der Waals surface area contributed by atoms with Gasteiger partial charge < -0.3 is 4.74 Å². The topological polar surface area (TPSA) is 119 Å². The molecule has 2 heterocycles. The highest BCUT2D eigenvalue weighted by Crippen LogP contribution is 2.47. The number of carbonyl (C=O) groups is 3. The van der Waals surface area contributed by atoms with Crippen LogP contribution in [0.3, 0.4) is 0 Å². The molecule has 10 heteroatoms. The van der Waals surface area contributed by atoms with Gasteiger partial charge in [0.2, 0.25) is 5.91 Å². The van der Waals surface area contributed by atoms with E-state index in [1.807, 2.05) is 6.07 Å². The number of carbonyl (C=O) groups excluding carboxylic acids is 3. The van der Waals surface area contributed by atoms with Crippen molar-refractivity contribution in [3.8, 4) is 0 Å². The standard InChI is InChI=1S/C25H19N3O7/c1-34-25(31)15-10-12-17(13-11-15)26-23(29)20-21(16-6-5-9-19(14-16)28(32)33)27(35-22(20)24(26)30)18-7-3-2-4-8-18/h2-14,20-22H,1H3/t20-,21-,22+/m1/s1. The van der Waals surface area contributed by atoms with Crippen LogP contribution in [0.2, 0.25) is 0 Å². The lowest BCUT2D eigenvalue weighted by Gasteiger charge is -2.28. The molecule has 3 atom stereocenters. The highest BCUT2D eigenvalue weighted by Gasteiger charge is 2.60. The fourth-order valence-corrected chi connectivity index (χ4v) is 4.49. The maximum absolute atomic E-state index is 13.6. The van der Waals surface area contributed by atoms with Crippen molar-refractivity contribution < 1.29 is 28.9 Å². The quantitative estimate of drug-likeness (QED) is 0.239. The minimum Gasteiger partial charge on any atom is -0.465 e. The molecular formula is C25H19N3O7. The molecule has 2 aliphatic heterocycles. The summed E-state index contributed by atoms with van der Waals surface area (Å²) in [5, 5.41) is 12.9. The van der Waals surface area contributed by atoms with Gasteiger partial charge in [0.1, 0.15) is 5.92 Å². The number of ether oxygens (including phenoxy) is 1. The monoisotopic (exact) mass is 473 g/mol. The second kappa shape index (κ2) is 8.65. The van der Waals surface area contributed by atoms with E-state index in [1.165, 1.54) is 54.6 Å². The highest BCUT2D eigenvalue weighted by molar-refractivity contribution is 6.24. The number of esters is 1. The van der Waals surface area contributed by atoms with Gasteiger partial charge in [0, 0.05) is 12.1 Å². The molecule has 3 aromatic rings. The number of para-hydroxylation sites is 1. The number of hydrogen-bond acceptors (Lipinski definition) is 8. The van der Waals surface area contributed by atoms with Gasteiger partial charge in [0.15, 0.2) is 6.10 Å². The Hall–Kier alpha value is -4.57. The summed E-state index contributed by atoms with van der Waals surface area (Å²) >= 11 is 0. The molecule has 0 saturated carbocycles. The lowest BCUT2D eigenvalue weighted by Crippen LogP contribution is -2.37. The van der Waals surface area contributed by atoms with Gasteiger partial charge in [0.05, 0.1) is 35.0 Å². The Morgan fingerprint density at radius 2 is 1.66 bits per heavy atom. The van der Waals surface area contributed by atoms with Gasteiger partial charge in [-0.25, -0.2) is 14.8 Å². The van der Waals surface area contributed by atoms with Crippen LogP contribution in [0.1, 0.15) is 22.0 Å². The Kier molecular flexibility index (Phi) is 5.50. The first kappa shape index (κ1) is 22.2. The molecule has 176 valence electrons. The minimum absolute atomic E-state index is 0.133. The Morgan fingerprint density at radius 1 is 0.943 bits per heavy atom. The van der Waals surface area contributed by atoms with E-state index in [1.54, 1.807) is 30.3 Å². The van der Waals surface area contributed by atoms with Crippen LogP contribution in [-0.4, -0.2) is 35.9 Å². The van der Waals surface area contributed by atoms with E-state index in [0.29, 0.717) is 11.3 Å². The number of imide groups is 1. The zero-order valence-electron chi connectivity index (χ0n) is 18.4. The number of methoxy groups -OCH3 is 1. The Bertz CT molecular complexity index is 1330. The van der Waals surface area contributed by atoms with Crippen LogP contribution >= 0.6 is 0 Å². The molecule has 0 aliphatic carbocycles. The largest absolute Gasteiger partial charge is 0.465 e. The van der Waals surface area contributed by atoms with Crippen molar-refractivity contribution >= 4 is 34.8 Å². The molecule has 2 fully saturated rings. The lowest BCUT2D eigenvalue weighted by molar-refractivity contribution is -0.384. The summed E-state index contributed by atoms with van der Waals surface area (Å²) in [7, 11) is 1.26. The predicted octanol–water partition coefficient (Wildman–Crippen LogP) is 3.43. The minimum atomic E-state index is -1.12. The third kappa shape index (κ3) is 3.69. The lowest BCUT2D eigenvalue weighted by atomic mass is 9.90. The summed E-state index contributed by atoms with van der Waals surface area (Å²) in [5.74, 6) is -2.54. The van der Waals surface area contributed by atoms with Crippen molar-refractivity contribution in [3.63, 3.8) is 0 Å². The van der Waals surface area contributed by atoms with Gasteiger partial charge in [-0.1, -0.05) is 30.3 Å². The zero-order chi connectivity index (χ0) is 24.7. The molecule has 0 radical (unpaired) electrons. The number of hydroxylamine groups is 1. The SMILES string of the molecule is COC(=O)c1ccc(N2C(=O)[C@H]3[C@H](ON(c4ccccc4)[C@@H]3c3cccc([N+](=O)[O-])c3)C2=O)cc1. The molecule has 5 rings (SSSR count). The normalized spacial score (nSPS) is 21.2. The maximum Gasteiger partial charge on any atom is 0.337 e. The van der Waals surface area contributed by atoms with E-state index in [9.17, 15) is 24.5 Å². The number of benzene rings is 3. The number of rotatable bonds is 5. The van der Waals surface area contributed by atoms with Gasteiger partial charge in [-0.3, -0.25) is 24.5 Å². The predicted molar refractivity (Wildman–Crippen MR) is 123 cm³/mol. The first-order valence-corrected chi connectivity index (χ1v) is 10.7. The number of nitro groups is 1. The van der Waals surface area contributed by atoms with Crippen LogP contribution in [0.15, 0.2) is 78.9 Å². The maximum atomic E-state index is 13.6. The average molecular weight is 473 g/mol. The summed E-state index contributed by atoms with van der Waals surface area (Å²) < 4.78 is 4.69. The number of non-ortho nitro benzene ring substituents is 1. The van der Waals surface area contributed by atoms with Crippen molar-refractivity contribution in [2.24, 2.45) is 5.92 Å². The number of nitrogens with zero attached hydrogens (tertiary/aromatic N) is 3. The van der Waals surface area contributed by atoms with Crippen LogP contribution in [0.4, 0.5) is 17.1 Å². The second-order valence-electron chi connectivity index (χ2n) is 8.06. The van der Waals surface area contributed by atoms with Crippen LogP contribution in [0, 0.1) is 16.0 Å². The first-order chi connectivity index (χ1) is 16.9. The van der Waals surface area contributed by atoms with Crippen LogP contribution in [0.25, 0.3) is 0 Å². The van der Waals surface area contributed by atoms with Crippen LogP contribution in [0.5, 0.6) is 0 Å². The van der Waals surface area contributed by atoms with E-state index in [2.05, 4.69) is 4.74 Å². The van der Waals surface area contributed by atoms with Crippen LogP contribution < -0.4 is 9.96 Å². The summed E-state index contributed by atoms with van der Waals surface area (Å²) in [4.78, 5) is 56.7. The Balaban J connectivity index is 1.55. The van der Waals surface area contributed by atoms with Crippen molar-refractivity contribution in [1.29, 1.82) is 0 Å². The van der Waals surface area contributed by atoms with Gasteiger partial charge in [-0.15, -0.1) is 0 Å². The van der Waals surface area contributed by atoms with Gasteiger partial charge in [-0.2, -0.15) is 0 Å². The van der Waals surface area contributed by atoms with Gasteiger partial charge >= 0.3 is 5.97 Å². The highest BCUT2D eigenvalue weighted by atomic mass is 16.7. The number of fused-ring (bicyclic) bond motifs is 1. The van der Waals surface area contributed by atoms with E-state index < -0.39 is 40.8 Å². The average Bonchev–Trinajstić information content (AvgIpc) is 3.40. The van der Waals surface area contributed by atoms with E-state index in [0.717, 1.165) is 4.90 Å². The Morgan fingerprint density at radius 3 is 2.31 bits per heavy atom. The molecule has 0 N–H and O–H groups in total. The molecule has 0 spiro atoms. The molecule has 3 aromatic carbocycles. The molecule has 35 heavy (non-hydrogen) atoms. The number of amides is 2. The summed E-state index contributed by atoms with van der Waals surface area (Å²) in [6.45, 7) is 0. The fourth-order valence-electron chi connectivity index (χ4n) is 4.49. The number of nitro benzene ring substituents is 1. The molecule has 0 bridgehead atoms. The second-order valence-corrected chi connectivity index (χ2v) is 8.06. The van der Waals surface area contributed by atoms with E-state index in [-0.39, 0.29) is 16.9 Å². The van der Waals surface area contributed by atoms with Gasteiger partial charge in [-0.05, 0) is 42.0 Å². The number of anilines is 2. The van der Waals surface area contributed by atoms with Crippen molar-refractivity contribution in [2.75, 3.05) is 17.1 Å². The van der Waals surface area contributed by atoms with Crippen molar-refractivity contribution in [1.82, 2.24) is 0 Å². The summed E-state index contributed by atoms with van der Waals surface area (Å²) in [5.41, 5.74) is 1.50. The first-order valence-electron chi connectivity index (χ1n) is 10.7. The molecule has 10 nitrogen and oxygen atoms in total. The zero-order valence-corrected chi connectivity index (χ0v) is 18.4. The van der Waals surface area contributed by atoms with E-state index >= 15 is 0 Å². The van der Waals surface area contributed by atoms with Gasteiger partial charge in [0.25, 0.3) is 11.6 Å². The summed E-state index contributed by atoms with van der Waals surface area (Å²) in [6, 6.07) is 20.0. The molecule has 0 unspecified atom stereocenters. The van der Waals surface area contributed by atoms with Crippen LogP contribution in [-0.2, 0) is 19.2 Å².